The molecule has 0 spiro atoms. The first-order valence-electron chi connectivity index (χ1n) is 8.91. The van der Waals surface area contributed by atoms with E-state index in [9.17, 15) is 9.59 Å². The number of fused-ring (bicyclic) bond motifs is 1. The van der Waals surface area contributed by atoms with Crippen LogP contribution in [-0.2, 0) is 13.1 Å². The molecule has 0 N–H and O–H groups in total. The minimum Gasteiger partial charge on any atom is -0.287 e. The lowest BCUT2D eigenvalue weighted by Gasteiger charge is -2.14. The highest BCUT2D eigenvalue weighted by Crippen LogP contribution is 2.12. The van der Waals surface area contributed by atoms with Crippen LogP contribution in [0, 0.1) is 6.92 Å². The van der Waals surface area contributed by atoms with Crippen molar-refractivity contribution in [2.24, 2.45) is 0 Å². The fourth-order valence-corrected chi connectivity index (χ4v) is 3.43. The summed E-state index contributed by atoms with van der Waals surface area (Å²) in [5, 5.41) is 0.605. The van der Waals surface area contributed by atoms with E-state index < -0.39 is 5.56 Å². The van der Waals surface area contributed by atoms with Crippen LogP contribution in [0.4, 0.5) is 0 Å². The predicted molar refractivity (Wildman–Crippen MR) is 111 cm³/mol. The Morgan fingerprint density at radius 3 is 2.39 bits per heavy atom. The van der Waals surface area contributed by atoms with Gasteiger partial charge in [-0.1, -0.05) is 53.6 Å². The van der Waals surface area contributed by atoms with Crippen molar-refractivity contribution in [3.8, 4) is 0 Å². The van der Waals surface area contributed by atoms with Crippen LogP contribution in [0.2, 0.25) is 5.02 Å². The van der Waals surface area contributed by atoms with Crippen LogP contribution in [0.1, 0.15) is 16.7 Å². The minimum atomic E-state index is -0.393. The maximum Gasteiger partial charge on any atom is 0.332 e. The molecule has 0 saturated carbocycles. The summed E-state index contributed by atoms with van der Waals surface area (Å²) in [5.41, 5.74) is 2.99. The van der Waals surface area contributed by atoms with Crippen LogP contribution in [0.25, 0.3) is 11.0 Å². The van der Waals surface area contributed by atoms with Gasteiger partial charge in [-0.15, -0.1) is 0 Å². The molecule has 2 heterocycles. The summed E-state index contributed by atoms with van der Waals surface area (Å²) in [5.74, 6) is 0. The first-order chi connectivity index (χ1) is 13.5. The Hall–Kier alpha value is -3.18. The third-order valence-corrected chi connectivity index (χ3v) is 4.92. The fourth-order valence-electron chi connectivity index (χ4n) is 3.30. The summed E-state index contributed by atoms with van der Waals surface area (Å²) < 4.78 is 2.84. The summed E-state index contributed by atoms with van der Waals surface area (Å²) in [6.07, 6.45) is 1.57. The standard InChI is InChI=1S/C22H18ClN3O2/c1-15-4-2-5-17(12-15)14-25-19-6-3-11-24-20(19)21(27)26(22(25)28)13-16-7-9-18(23)10-8-16/h2-12H,13-14H2,1H3. The Morgan fingerprint density at radius 1 is 0.893 bits per heavy atom. The largest absolute Gasteiger partial charge is 0.332 e. The van der Waals surface area contributed by atoms with Crippen molar-refractivity contribution in [2.75, 3.05) is 0 Å². The summed E-state index contributed by atoms with van der Waals surface area (Å²) >= 11 is 5.94. The summed E-state index contributed by atoms with van der Waals surface area (Å²) in [4.78, 5) is 30.4. The Bertz CT molecular complexity index is 1270. The number of rotatable bonds is 4. The second kappa shape index (κ2) is 7.44. The quantitative estimate of drug-likeness (QED) is 0.534. The molecular formula is C22H18ClN3O2. The SMILES string of the molecule is Cc1cccc(Cn2c(=O)n(Cc3ccc(Cl)cc3)c(=O)c3ncccc32)c1. The van der Waals surface area contributed by atoms with Gasteiger partial charge in [0.1, 0.15) is 0 Å². The zero-order chi connectivity index (χ0) is 19.7. The zero-order valence-corrected chi connectivity index (χ0v) is 16.1. The van der Waals surface area contributed by atoms with Gasteiger partial charge < -0.3 is 0 Å². The van der Waals surface area contributed by atoms with Crippen LogP contribution >= 0.6 is 11.6 Å². The van der Waals surface area contributed by atoms with E-state index in [0.29, 0.717) is 17.1 Å². The molecule has 2 aromatic heterocycles. The van der Waals surface area contributed by atoms with Gasteiger partial charge in [0.2, 0.25) is 0 Å². The van der Waals surface area contributed by atoms with Gasteiger partial charge in [-0.25, -0.2) is 9.78 Å². The van der Waals surface area contributed by atoms with Crippen LogP contribution in [0.3, 0.4) is 0 Å². The molecule has 2 aromatic carbocycles. The monoisotopic (exact) mass is 391 g/mol. The van der Waals surface area contributed by atoms with E-state index >= 15 is 0 Å². The van der Waals surface area contributed by atoms with E-state index in [0.717, 1.165) is 16.7 Å². The first kappa shape index (κ1) is 18.2. The van der Waals surface area contributed by atoms with Crippen molar-refractivity contribution >= 4 is 22.6 Å². The van der Waals surface area contributed by atoms with Crippen LogP contribution in [0.5, 0.6) is 0 Å². The molecule has 28 heavy (non-hydrogen) atoms. The molecule has 0 aliphatic carbocycles. The minimum absolute atomic E-state index is 0.162. The van der Waals surface area contributed by atoms with Crippen LogP contribution in [0.15, 0.2) is 76.4 Å². The van der Waals surface area contributed by atoms with Crippen LogP contribution < -0.4 is 11.2 Å². The van der Waals surface area contributed by atoms with E-state index in [1.54, 1.807) is 35.0 Å². The van der Waals surface area contributed by atoms with Crippen LogP contribution in [-0.4, -0.2) is 14.1 Å². The number of aryl methyl sites for hydroxylation is 1. The van der Waals surface area contributed by atoms with Crippen molar-refractivity contribution in [3.05, 3.63) is 109 Å². The second-order valence-electron chi connectivity index (χ2n) is 6.75. The fraction of sp³-hybridized carbons (Fsp3) is 0.136. The molecular weight excluding hydrogens is 374 g/mol. The number of hydrogen-bond acceptors (Lipinski definition) is 3. The highest BCUT2D eigenvalue weighted by Gasteiger charge is 2.14. The number of hydrogen-bond donors (Lipinski definition) is 0. The lowest BCUT2D eigenvalue weighted by Crippen LogP contribution is -2.40. The Labute approximate surface area is 166 Å². The molecule has 0 unspecified atom stereocenters. The summed E-state index contributed by atoms with van der Waals surface area (Å²) in [6, 6.07) is 18.6. The van der Waals surface area contributed by atoms with Crippen molar-refractivity contribution in [3.63, 3.8) is 0 Å². The summed E-state index contributed by atoms with van der Waals surface area (Å²) in [7, 11) is 0. The van der Waals surface area contributed by atoms with Crippen molar-refractivity contribution < 1.29 is 0 Å². The highest BCUT2D eigenvalue weighted by molar-refractivity contribution is 6.30. The molecule has 0 saturated heterocycles. The molecule has 5 nitrogen and oxygen atoms in total. The number of nitrogens with zero attached hydrogens (tertiary/aromatic N) is 3. The number of halogens is 1. The molecule has 4 rings (SSSR count). The van der Waals surface area contributed by atoms with E-state index in [4.69, 9.17) is 11.6 Å². The van der Waals surface area contributed by atoms with Gasteiger partial charge >= 0.3 is 5.69 Å². The molecule has 140 valence electrons. The van der Waals surface area contributed by atoms with E-state index in [1.165, 1.54) is 4.57 Å². The van der Waals surface area contributed by atoms with Gasteiger partial charge in [-0.05, 0) is 42.3 Å². The van der Waals surface area contributed by atoms with Gasteiger partial charge in [0.25, 0.3) is 5.56 Å². The van der Waals surface area contributed by atoms with E-state index in [-0.39, 0.29) is 17.8 Å². The first-order valence-corrected chi connectivity index (χ1v) is 9.29. The topological polar surface area (TPSA) is 56.9 Å². The summed E-state index contributed by atoms with van der Waals surface area (Å²) in [6.45, 7) is 2.53. The molecule has 0 aliphatic rings. The Balaban J connectivity index is 1.89. The molecule has 0 amide bonds. The third-order valence-electron chi connectivity index (χ3n) is 4.66. The molecule has 0 fully saturated rings. The van der Waals surface area contributed by atoms with Crippen molar-refractivity contribution in [1.29, 1.82) is 0 Å². The zero-order valence-electron chi connectivity index (χ0n) is 15.3. The van der Waals surface area contributed by atoms with Gasteiger partial charge in [0, 0.05) is 11.2 Å². The number of benzene rings is 2. The van der Waals surface area contributed by atoms with Gasteiger partial charge in [-0.3, -0.25) is 13.9 Å². The van der Waals surface area contributed by atoms with Gasteiger partial charge in [0.15, 0.2) is 5.52 Å². The second-order valence-corrected chi connectivity index (χ2v) is 7.18. The van der Waals surface area contributed by atoms with E-state index in [1.807, 2.05) is 43.3 Å². The average Bonchev–Trinajstić information content (AvgIpc) is 2.70. The molecule has 0 aliphatic heterocycles. The lowest BCUT2D eigenvalue weighted by atomic mass is 10.1. The maximum absolute atomic E-state index is 13.2. The third kappa shape index (κ3) is 3.49. The molecule has 0 atom stereocenters. The number of aromatic nitrogens is 3. The molecule has 0 bridgehead atoms. The van der Waals surface area contributed by atoms with Crippen molar-refractivity contribution in [1.82, 2.24) is 14.1 Å². The molecule has 6 heteroatoms. The van der Waals surface area contributed by atoms with Gasteiger partial charge in [0.05, 0.1) is 18.6 Å². The van der Waals surface area contributed by atoms with Crippen molar-refractivity contribution in [2.45, 2.75) is 20.0 Å². The normalized spacial score (nSPS) is 11.1. The smallest absolute Gasteiger partial charge is 0.287 e. The Morgan fingerprint density at radius 2 is 1.64 bits per heavy atom. The van der Waals surface area contributed by atoms with Gasteiger partial charge in [-0.2, -0.15) is 0 Å². The molecule has 4 aromatic rings. The average molecular weight is 392 g/mol. The number of pyridine rings is 1. The predicted octanol–water partition coefficient (Wildman–Crippen LogP) is 3.62. The highest BCUT2D eigenvalue weighted by atomic mass is 35.5. The lowest BCUT2D eigenvalue weighted by molar-refractivity contribution is 0.633. The van der Waals surface area contributed by atoms with E-state index in [2.05, 4.69) is 4.98 Å². The Kier molecular flexibility index (Phi) is 4.84. The molecule has 0 radical (unpaired) electrons. The maximum atomic E-state index is 13.2.